The zero-order valence-corrected chi connectivity index (χ0v) is 21.7. The van der Waals surface area contributed by atoms with Crippen LogP contribution >= 0.6 is 11.6 Å². The largest absolute Gasteiger partial charge is 0.323 e. The molecular weight excluding hydrogens is 508 g/mol. The maximum absolute atomic E-state index is 14.3. The van der Waals surface area contributed by atoms with E-state index >= 15 is 0 Å². The van der Waals surface area contributed by atoms with Gasteiger partial charge < -0.3 is 5.32 Å². The summed E-state index contributed by atoms with van der Waals surface area (Å²) >= 11 is 6.34. The van der Waals surface area contributed by atoms with E-state index in [4.69, 9.17) is 11.6 Å². The van der Waals surface area contributed by atoms with Crippen molar-refractivity contribution in [1.82, 2.24) is 4.90 Å². The molecule has 0 unspecified atom stereocenters. The summed E-state index contributed by atoms with van der Waals surface area (Å²) in [6.45, 7) is 0. The van der Waals surface area contributed by atoms with Gasteiger partial charge >= 0.3 is 0 Å². The van der Waals surface area contributed by atoms with E-state index in [1.165, 1.54) is 4.90 Å². The standard InChI is InChI=1S/C33H25ClN2O3/c34-24-16-8-9-17-25(24)35-31(37)26(18-19-10-2-1-3-11-19)36-32(38)29-27-20-12-4-5-13-21(20)28(30(29)33(36)39)23-15-7-6-14-22(23)27/h1-17,26-30H,18H2,(H,35,37)/t26-,27?,28?,29+,30+/m0/s1. The van der Waals surface area contributed by atoms with Crippen LogP contribution in [-0.2, 0) is 20.8 Å². The van der Waals surface area contributed by atoms with Crippen LogP contribution in [-0.4, -0.2) is 28.7 Å². The molecular formula is C33H25ClN2O3. The Morgan fingerprint density at radius 1 is 0.692 bits per heavy atom. The predicted octanol–water partition coefficient (Wildman–Crippen LogP) is 5.78. The Morgan fingerprint density at radius 2 is 1.15 bits per heavy atom. The van der Waals surface area contributed by atoms with Crippen LogP contribution in [0.15, 0.2) is 103 Å². The maximum atomic E-state index is 14.3. The number of amides is 3. The number of halogens is 1. The molecule has 1 N–H and O–H groups in total. The normalized spacial score (nSPS) is 23.2. The van der Waals surface area contributed by atoms with E-state index in [1.54, 1.807) is 24.3 Å². The fourth-order valence-corrected chi connectivity index (χ4v) is 7.11. The third kappa shape index (κ3) is 3.64. The summed E-state index contributed by atoms with van der Waals surface area (Å²) in [4.78, 5) is 43.7. The molecule has 1 fully saturated rings. The van der Waals surface area contributed by atoms with Crippen LogP contribution < -0.4 is 5.32 Å². The van der Waals surface area contributed by atoms with Crippen molar-refractivity contribution in [3.05, 3.63) is 136 Å². The Labute approximate surface area is 231 Å². The first-order chi connectivity index (χ1) is 19.0. The van der Waals surface area contributed by atoms with Crippen molar-refractivity contribution in [3.63, 3.8) is 0 Å². The summed E-state index contributed by atoms with van der Waals surface area (Å²) in [6.07, 6.45) is 0.212. The average Bonchev–Trinajstić information content (AvgIpc) is 3.23. The van der Waals surface area contributed by atoms with Gasteiger partial charge in [0.25, 0.3) is 0 Å². The van der Waals surface area contributed by atoms with Gasteiger partial charge in [0.1, 0.15) is 6.04 Å². The highest BCUT2D eigenvalue weighted by molar-refractivity contribution is 6.33. The number of carbonyl (C=O) groups excluding carboxylic acids is 3. The van der Waals surface area contributed by atoms with Gasteiger partial charge in [-0.2, -0.15) is 0 Å². The quantitative estimate of drug-likeness (QED) is 0.331. The monoisotopic (exact) mass is 532 g/mol. The number of likely N-dealkylation sites (tertiary alicyclic amines) is 1. The fraction of sp³-hybridized carbons (Fsp3) is 0.182. The van der Waals surface area contributed by atoms with Crippen molar-refractivity contribution in [1.29, 1.82) is 0 Å². The van der Waals surface area contributed by atoms with Crippen molar-refractivity contribution < 1.29 is 14.4 Å². The van der Waals surface area contributed by atoms with Gasteiger partial charge in [-0.25, -0.2) is 0 Å². The number of para-hydroxylation sites is 1. The summed E-state index contributed by atoms with van der Waals surface area (Å²) in [5.41, 5.74) is 5.72. The fourth-order valence-electron chi connectivity index (χ4n) is 6.92. The molecule has 5 nitrogen and oxygen atoms in total. The Balaban J connectivity index is 1.32. The van der Waals surface area contributed by atoms with Crippen LogP contribution in [0.2, 0.25) is 5.02 Å². The van der Waals surface area contributed by atoms with Crippen LogP contribution in [0.25, 0.3) is 0 Å². The SMILES string of the molecule is O=C(Nc1ccccc1Cl)[C@H](Cc1ccccc1)N1C(=O)[C@@H]2C3c4ccccc4C(c4ccccc43)[C@H]2C1=O. The molecule has 3 amide bonds. The van der Waals surface area contributed by atoms with Crippen molar-refractivity contribution >= 4 is 35.0 Å². The molecule has 2 bridgehead atoms. The second-order valence-corrected chi connectivity index (χ2v) is 10.9. The molecule has 0 aromatic heterocycles. The molecule has 0 radical (unpaired) electrons. The summed E-state index contributed by atoms with van der Waals surface area (Å²) in [7, 11) is 0. The van der Waals surface area contributed by atoms with Crippen molar-refractivity contribution in [2.24, 2.45) is 11.8 Å². The topological polar surface area (TPSA) is 66.5 Å². The van der Waals surface area contributed by atoms with E-state index in [1.807, 2.05) is 54.6 Å². The molecule has 1 saturated heterocycles. The number of nitrogens with one attached hydrogen (secondary N) is 1. The highest BCUT2D eigenvalue weighted by Gasteiger charge is 2.63. The Hall–Kier alpha value is -4.22. The number of hydrogen-bond donors (Lipinski definition) is 1. The van der Waals surface area contributed by atoms with E-state index in [0.717, 1.165) is 27.8 Å². The molecule has 192 valence electrons. The minimum atomic E-state index is -1.01. The van der Waals surface area contributed by atoms with Gasteiger partial charge in [-0.1, -0.05) is 103 Å². The van der Waals surface area contributed by atoms with E-state index in [-0.39, 0.29) is 30.1 Å². The van der Waals surface area contributed by atoms with Crippen LogP contribution in [0.4, 0.5) is 5.69 Å². The minimum Gasteiger partial charge on any atom is -0.323 e. The van der Waals surface area contributed by atoms with Crippen molar-refractivity contribution in [2.75, 3.05) is 5.32 Å². The number of anilines is 1. The summed E-state index contributed by atoms with van der Waals surface area (Å²) in [6, 6.07) is 31.7. The van der Waals surface area contributed by atoms with E-state index in [9.17, 15) is 14.4 Å². The number of carbonyl (C=O) groups is 3. The number of rotatable bonds is 5. The molecule has 0 saturated carbocycles. The van der Waals surface area contributed by atoms with Gasteiger partial charge in [0.2, 0.25) is 17.7 Å². The zero-order chi connectivity index (χ0) is 26.7. The molecule has 8 rings (SSSR count). The van der Waals surface area contributed by atoms with Crippen LogP contribution in [0.1, 0.15) is 39.7 Å². The van der Waals surface area contributed by atoms with Crippen LogP contribution in [0.3, 0.4) is 0 Å². The summed E-state index contributed by atoms with van der Waals surface area (Å²) in [5, 5.41) is 3.28. The smallest absolute Gasteiger partial charge is 0.248 e. The lowest BCUT2D eigenvalue weighted by molar-refractivity contribution is -0.146. The first kappa shape index (κ1) is 23.9. The molecule has 1 heterocycles. The van der Waals surface area contributed by atoms with Gasteiger partial charge in [0, 0.05) is 18.3 Å². The van der Waals surface area contributed by atoms with Gasteiger partial charge in [0.05, 0.1) is 22.5 Å². The van der Waals surface area contributed by atoms with E-state index < -0.39 is 23.8 Å². The van der Waals surface area contributed by atoms with E-state index in [2.05, 4.69) is 29.6 Å². The molecule has 4 aliphatic rings. The number of imide groups is 1. The average molecular weight is 533 g/mol. The van der Waals surface area contributed by atoms with Crippen molar-refractivity contribution in [3.8, 4) is 0 Å². The third-order valence-electron chi connectivity index (χ3n) is 8.50. The lowest BCUT2D eigenvalue weighted by Gasteiger charge is -2.45. The molecule has 1 aliphatic heterocycles. The zero-order valence-electron chi connectivity index (χ0n) is 21.0. The molecule has 6 heteroatoms. The first-order valence-electron chi connectivity index (χ1n) is 13.2. The predicted molar refractivity (Wildman–Crippen MR) is 149 cm³/mol. The molecule has 4 aromatic carbocycles. The summed E-state index contributed by atoms with van der Waals surface area (Å²) < 4.78 is 0. The van der Waals surface area contributed by atoms with Gasteiger partial charge in [-0.3, -0.25) is 19.3 Å². The number of benzene rings is 4. The van der Waals surface area contributed by atoms with Crippen LogP contribution in [0, 0.1) is 11.8 Å². The molecule has 3 atom stereocenters. The van der Waals surface area contributed by atoms with Gasteiger partial charge in [-0.15, -0.1) is 0 Å². The highest BCUT2D eigenvalue weighted by Crippen LogP contribution is 2.61. The molecule has 4 aromatic rings. The second kappa shape index (κ2) is 9.21. The Bertz CT molecular complexity index is 1520. The molecule has 3 aliphatic carbocycles. The van der Waals surface area contributed by atoms with Gasteiger partial charge in [-0.05, 0) is 39.9 Å². The Kier molecular flexibility index (Phi) is 5.64. The molecule has 0 spiro atoms. The van der Waals surface area contributed by atoms with Crippen LogP contribution in [0.5, 0.6) is 0 Å². The minimum absolute atomic E-state index is 0.212. The second-order valence-electron chi connectivity index (χ2n) is 10.5. The lowest BCUT2D eigenvalue weighted by Crippen LogP contribution is -2.49. The number of nitrogens with zero attached hydrogens (tertiary/aromatic N) is 1. The maximum Gasteiger partial charge on any atom is 0.248 e. The summed E-state index contributed by atoms with van der Waals surface area (Å²) in [5.74, 6) is -2.53. The van der Waals surface area contributed by atoms with Crippen molar-refractivity contribution in [2.45, 2.75) is 24.3 Å². The Morgan fingerprint density at radius 3 is 1.67 bits per heavy atom. The first-order valence-corrected chi connectivity index (χ1v) is 13.6. The lowest BCUT2D eigenvalue weighted by atomic mass is 9.55. The molecule has 39 heavy (non-hydrogen) atoms. The highest BCUT2D eigenvalue weighted by atomic mass is 35.5. The van der Waals surface area contributed by atoms with E-state index in [0.29, 0.717) is 10.7 Å². The van der Waals surface area contributed by atoms with Gasteiger partial charge in [0.15, 0.2) is 0 Å². The third-order valence-corrected chi connectivity index (χ3v) is 8.83. The number of hydrogen-bond acceptors (Lipinski definition) is 3.